The van der Waals surface area contributed by atoms with Crippen molar-refractivity contribution in [1.29, 1.82) is 0 Å². The van der Waals surface area contributed by atoms with Crippen LogP contribution in [0.1, 0.15) is 52.2 Å². The van der Waals surface area contributed by atoms with Crippen LogP contribution in [0, 0.1) is 5.41 Å². The summed E-state index contributed by atoms with van der Waals surface area (Å²) in [5.74, 6) is 0.929. The van der Waals surface area contributed by atoms with E-state index in [1.54, 1.807) is 0 Å². The van der Waals surface area contributed by atoms with Crippen LogP contribution < -0.4 is 17.1 Å². The molecule has 0 radical (unpaired) electrons. The molecule has 0 heterocycles. The molecule has 0 aliphatic heterocycles. The van der Waals surface area contributed by atoms with Gasteiger partial charge in [0.2, 0.25) is 0 Å². The minimum Gasteiger partial charge on any atom is -1.00 e. The van der Waals surface area contributed by atoms with Crippen LogP contribution in [-0.4, -0.2) is 44.9 Å². The first-order chi connectivity index (χ1) is 14.0. The summed E-state index contributed by atoms with van der Waals surface area (Å²) in [6.45, 7) is 15.4. The molecule has 2 aromatic rings. The van der Waals surface area contributed by atoms with Gasteiger partial charge in [0.1, 0.15) is 25.4 Å². The summed E-state index contributed by atoms with van der Waals surface area (Å²) in [4.78, 5) is 0. The summed E-state index contributed by atoms with van der Waals surface area (Å²) < 4.78 is 12.7. The smallest absolute Gasteiger partial charge is 0.119 e. The Morgan fingerprint density at radius 2 is 1.48 bits per heavy atom. The summed E-state index contributed by atoms with van der Waals surface area (Å²) in [6.07, 6.45) is 1.13. The van der Waals surface area contributed by atoms with Crippen LogP contribution in [0.15, 0.2) is 54.6 Å². The quantitative estimate of drug-likeness (QED) is 0.389. The zero-order valence-corrected chi connectivity index (χ0v) is 21.3. The van der Waals surface area contributed by atoms with Crippen LogP contribution in [0.2, 0.25) is 0 Å². The predicted molar refractivity (Wildman–Crippen MR) is 127 cm³/mol. The van der Waals surface area contributed by atoms with E-state index in [4.69, 9.17) is 9.47 Å². The Kier molecular flexibility index (Phi) is 10.5. The lowest BCUT2D eigenvalue weighted by Crippen LogP contribution is -3.00. The monoisotopic (exact) mass is 447 g/mol. The fourth-order valence-electron chi connectivity index (χ4n) is 4.22. The Hall–Kier alpha value is -1.55. The van der Waals surface area contributed by atoms with Gasteiger partial charge < -0.3 is 26.4 Å². The van der Waals surface area contributed by atoms with Crippen LogP contribution in [0.25, 0.3) is 0 Å². The van der Waals surface area contributed by atoms with Gasteiger partial charge in [-0.1, -0.05) is 77.1 Å². The summed E-state index contributed by atoms with van der Waals surface area (Å²) in [5, 5.41) is 0. The maximum absolute atomic E-state index is 5.97. The summed E-state index contributed by atoms with van der Waals surface area (Å²) in [7, 11) is 4.50. The van der Waals surface area contributed by atoms with Crippen LogP contribution in [0.3, 0.4) is 0 Å². The highest BCUT2D eigenvalue weighted by Crippen LogP contribution is 2.37. The number of benzene rings is 2. The molecule has 0 atom stereocenters. The number of halogens is 1. The Balaban J connectivity index is 0.00000480. The van der Waals surface area contributed by atoms with Crippen molar-refractivity contribution in [1.82, 2.24) is 0 Å². The lowest BCUT2D eigenvalue weighted by atomic mass is 9.72. The van der Waals surface area contributed by atoms with Gasteiger partial charge in [0.25, 0.3) is 0 Å². The van der Waals surface area contributed by atoms with Gasteiger partial charge in [-0.25, -0.2) is 0 Å². The molecular formula is C27H42ClNO2. The zero-order chi connectivity index (χ0) is 22.3. The third-order valence-electron chi connectivity index (χ3n) is 5.38. The molecule has 0 aromatic heterocycles. The molecule has 174 valence electrons. The van der Waals surface area contributed by atoms with Gasteiger partial charge in [-0.15, -0.1) is 0 Å². The van der Waals surface area contributed by atoms with Crippen LogP contribution in [0.4, 0.5) is 0 Å². The first-order valence-corrected chi connectivity index (χ1v) is 11.1. The third-order valence-corrected chi connectivity index (χ3v) is 5.38. The largest absolute Gasteiger partial charge is 1.00 e. The van der Waals surface area contributed by atoms with Crippen LogP contribution >= 0.6 is 0 Å². The molecule has 0 saturated heterocycles. The zero-order valence-electron chi connectivity index (χ0n) is 20.6. The molecule has 31 heavy (non-hydrogen) atoms. The number of hydrogen-bond acceptors (Lipinski definition) is 2. The highest BCUT2D eigenvalue weighted by molar-refractivity contribution is 5.33. The first kappa shape index (κ1) is 27.5. The second-order valence-corrected chi connectivity index (χ2v) is 10.9. The van der Waals surface area contributed by atoms with Gasteiger partial charge in [0.05, 0.1) is 27.3 Å². The molecule has 0 fully saturated rings. The average Bonchev–Trinajstić information content (AvgIpc) is 2.63. The van der Waals surface area contributed by atoms with Crippen molar-refractivity contribution in [2.45, 2.75) is 53.0 Å². The highest BCUT2D eigenvalue weighted by Gasteiger charge is 2.27. The van der Waals surface area contributed by atoms with Gasteiger partial charge in [0.15, 0.2) is 0 Å². The molecule has 0 bridgehead atoms. The normalized spacial score (nSPS) is 12.4. The van der Waals surface area contributed by atoms with Crippen molar-refractivity contribution in [2.24, 2.45) is 5.41 Å². The molecule has 0 saturated carbocycles. The lowest BCUT2D eigenvalue weighted by molar-refractivity contribution is -0.904. The Bertz CT molecular complexity index is 766. The van der Waals surface area contributed by atoms with Gasteiger partial charge in [-0.05, 0) is 34.9 Å². The fourth-order valence-corrected chi connectivity index (χ4v) is 4.22. The van der Waals surface area contributed by atoms with Crippen LogP contribution in [-0.2, 0) is 16.7 Å². The molecule has 2 aromatic carbocycles. The number of nitrogens with zero attached hydrogens (tertiary/aromatic N) is 1. The van der Waals surface area contributed by atoms with Crippen LogP contribution in [0.5, 0.6) is 5.75 Å². The SMILES string of the molecule is CC(C)(C)CC(C)(C)c1cccc(OCCOCC[N+](C)(C)Cc2ccccc2)c1.[Cl-]. The predicted octanol–water partition coefficient (Wildman–Crippen LogP) is 3.08. The molecular weight excluding hydrogens is 406 g/mol. The van der Waals surface area contributed by atoms with Crippen molar-refractivity contribution in [3.63, 3.8) is 0 Å². The summed E-state index contributed by atoms with van der Waals surface area (Å²) >= 11 is 0. The molecule has 0 unspecified atom stereocenters. The molecule has 0 N–H and O–H groups in total. The van der Waals surface area contributed by atoms with Gasteiger partial charge in [-0.3, -0.25) is 0 Å². The Labute approximate surface area is 196 Å². The van der Waals surface area contributed by atoms with Crippen molar-refractivity contribution in [3.8, 4) is 5.75 Å². The number of rotatable bonds is 11. The first-order valence-electron chi connectivity index (χ1n) is 11.1. The number of hydrogen-bond donors (Lipinski definition) is 0. The van der Waals surface area contributed by atoms with E-state index in [0.717, 1.165) is 36.3 Å². The van der Waals surface area contributed by atoms with Crippen molar-refractivity contribution >= 4 is 0 Å². The standard InChI is InChI=1S/C27H42NO2.ClH/c1-26(2,3)22-27(4,5)24-14-11-15-25(20-24)30-19-18-29-17-16-28(6,7)21-23-12-9-8-10-13-23;/h8-15,20H,16-19,21-22H2,1-7H3;1H/q+1;/p-1. The van der Waals surface area contributed by atoms with E-state index in [2.05, 4.69) is 97.2 Å². The molecule has 4 heteroatoms. The van der Waals surface area contributed by atoms with Crippen molar-refractivity contribution < 1.29 is 26.4 Å². The second-order valence-electron chi connectivity index (χ2n) is 10.9. The van der Waals surface area contributed by atoms with E-state index in [1.807, 2.05) is 6.07 Å². The maximum atomic E-state index is 5.97. The third kappa shape index (κ3) is 10.5. The number of likely N-dealkylation sites (N-methyl/N-ethyl adjacent to an activating group) is 1. The molecule has 0 aliphatic carbocycles. The Morgan fingerprint density at radius 3 is 2.13 bits per heavy atom. The summed E-state index contributed by atoms with van der Waals surface area (Å²) in [6, 6.07) is 19.2. The van der Waals surface area contributed by atoms with E-state index >= 15 is 0 Å². The van der Waals surface area contributed by atoms with E-state index in [0.29, 0.717) is 18.6 Å². The molecule has 0 aliphatic rings. The Morgan fingerprint density at radius 1 is 0.806 bits per heavy atom. The number of quaternary nitrogens is 1. The van der Waals surface area contributed by atoms with Gasteiger partial charge >= 0.3 is 0 Å². The molecule has 0 spiro atoms. The van der Waals surface area contributed by atoms with E-state index in [-0.39, 0.29) is 17.8 Å². The van der Waals surface area contributed by atoms with E-state index in [1.165, 1.54) is 11.1 Å². The minimum absolute atomic E-state index is 0. The summed E-state index contributed by atoms with van der Waals surface area (Å²) in [5.41, 5.74) is 3.10. The maximum Gasteiger partial charge on any atom is 0.119 e. The fraction of sp³-hybridized carbons (Fsp3) is 0.556. The lowest BCUT2D eigenvalue weighted by Gasteiger charge is -2.33. The highest BCUT2D eigenvalue weighted by atomic mass is 35.5. The van der Waals surface area contributed by atoms with E-state index in [9.17, 15) is 0 Å². The van der Waals surface area contributed by atoms with Crippen molar-refractivity contribution in [2.75, 3.05) is 40.5 Å². The van der Waals surface area contributed by atoms with Crippen molar-refractivity contribution in [3.05, 3.63) is 65.7 Å². The minimum atomic E-state index is 0. The van der Waals surface area contributed by atoms with Gasteiger partial charge in [-0.2, -0.15) is 0 Å². The van der Waals surface area contributed by atoms with E-state index < -0.39 is 0 Å². The average molecular weight is 448 g/mol. The second kappa shape index (κ2) is 11.9. The molecule has 0 amide bonds. The van der Waals surface area contributed by atoms with Gasteiger partial charge in [0, 0.05) is 5.56 Å². The molecule has 3 nitrogen and oxygen atoms in total. The topological polar surface area (TPSA) is 18.5 Å². The molecule has 2 rings (SSSR count). The number of ether oxygens (including phenoxy) is 2.